The molecule has 0 aromatic heterocycles. The number of carbonyl (C=O) groups excluding carboxylic acids is 2. The van der Waals surface area contributed by atoms with Crippen molar-refractivity contribution < 1.29 is 14.3 Å². The molecule has 0 saturated carbocycles. The molecule has 0 fully saturated rings. The third-order valence-electron chi connectivity index (χ3n) is 3.86. The molecule has 2 N–H and O–H groups in total. The average Bonchev–Trinajstić information content (AvgIpc) is 2.61. The van der Waals surface area contributed by atoms with E-state index in [2.05, 4.69) is 10.6 Å². The van der Waals surface area contributed by atoms with Crippen molar-refractivity contribution >= 4 is 17.5 Å². The molecule has 26 heavy (non-hydrogen) atoms. The highest BCUT2D eigenvalue weighted by Gasteiger charge is 2.10. The first-order valence-corrected chi connectivity index (χ1v) is 8.88. The van der Waals surface area contributed by atoms with Crippen molar-refractivity contribution in [2.45, 2.75) is 46.3 Å². The Labute approximate surface area is 154 Å². The van der Waals surface area contributed by atoms with E-state index < -0.39 is 0 Å². The molecule has 0 saturated heterocycles. The molecule has 2 aromatic rings. The van der Waals surface area contributed by atoms with Gasteiger partial charge in [0.25, 0.3) is 11.8 Å². The lowest BCUT2D eigenvalue weighted by molar-refractivity contribution is 0.0938. The fourth-order valence-corrected chi connectivity index (χ4v) is 2.30. The molecule has 1 unspecified atom stereocenters. The summed E-state index contributed by atoms with van der Waals surface area (Å²) in [6, 6.07) is 14.0. The lowest BCUT2D eigenvalue weighted by Gasteiger charge is -2.12. The van der Waals surface area contributed by atoms with Gasteiger partial charge < -0.3 is 15.4 Å². The summed E-state index contributed by atoms with van der Waals surface area (Å²) in [6.45, 7) is 7.85. The van der Waals surface area contributed by atoms with Crippen LogP contribution < -0.4 is 15.4 Å². The number of benzene rings is 2. The van der Waals surface area contributed by atoms with Crippen LogP contribution in [0.15, 0.2) is 48.5 Å². The first-order valence-electron chi connectivity index (χ1n) is 8.88. The third-order valence-corrected chi connectivity index (χ3v) is 3.86. The molecule has 1 atom stereocenters. The number of rotatable bonds is 7. The van der Waals surface area contributed by atoms with Crippen LogP contribution in [0.3, 0.4) is 0 Å². The Bertz CT molecular complexity index is 754. The minimum atomic E-state index is -0.226. The van der Waals surface area contributed by atoms with Crippen molar-refractivity contribution in [1.82, 2.24) is 5.32 Å². The maximum Gasteiger partial charge on any atom is 0.255 e. The maximum atomic E-state index is 12.4. The van der Waals surface area contributed by atoms with Gasteiger partial charge in [0.15, 0.2) is 0 Å². The van der Waals surface area contributed by atoms with Gasteiger partial charge in [-0.15, -0.1) is 0 Å². The number of carbonyl (C=O) groups is 2. The van der Waals surface area contributed by atoms with Gasteiger partial charge in [-0.3, -0.25) is 9.59 Å². The molecule has 0 bridgehead atoms. The average molecular weight is 354 g/mol. The number of ether oxygens (including phenoxy) is 1. The summed E-state index contributed by atoms with van der Waals surface area (Å²) < 4.78 is 5.61. The molecule has 0 aliphatic rings. The zero-order chi connectivity index (χ0) is 19.1. The van der Waals surface area contributed by atoms with Crippen molar-refractivity contribution in [3.05, 3.63) is 59.7 Å². The SMILES string of the molecule is CCC(C)NC(=O)c1ccc(NC(=O)c2cccc(OC(C)C)c2)cc1. The van der Waals surface area contributed by atoms with Crippen molar-refractivity contribution in [3.8, 4) is 5.75 Å². The largest absolute Gasteiger partial charge is 0.491 e. The first kappa shape index (κ1) is 19.5. The van der Waals surface area contributed by atoms with Gasteiger partial charge in [-0.1, -0.05) is 13.0 Å². The monoisotopic (exact) mass is 354 g/mol. The Morgan fingerprint density at radius 3 is 2.27 bits per heavy atom. The van der Waals surface area contributed by atoms with Crippen molar-refractivity contribution in [3.63, 3.8) is 0 Å². The molecule has 2 amide bonds. The normalized spacial score (nSPS) is 11.7. The Balaban J connectivity index is 2.02. The second-order valence-corrected chi connectivity index (χ2v) is 6.51. The lowest BCUT2D eigenvalue weighted by atomic mass is 10.1. The molecule has 2 aromatic carbocycles. The highest BCUT2D eigenvalue weighted by atomic mass is 16.5. The summed E-state index contributed by atoms with van der Waals surface area (Å²) in [5.41, 5.74) is 1.71. The van der Waals surface area contributed by atoms with Gasteiger partial charge in [-0.25, -0.2) is 0 Å². The summed E-state index contributed by atoms with van der Waals surface area (Å²) in [5, 5.41) is 5.74. The van der Waals surface area contributed by atoms with Gasteiger partial charge in [0.1, 0.15) is 5.75 Å². The predicted octanol–water partition coefficient (Wildman–Crippen LogP) is 4.25. The summed E-state index contributed by atoms with van der Waals surface area (Å²) in [6.07, 6.45) is 0.918. The van der Waals surface area contributed by atoms with Gasteiger partial charge >= 0.3 is 0 Å². The van der Waals surface area contributed by atoms with E-state index >= 15 is 0 Å². The minimum absolute atomic E-state index is 0.0439. The summed E-state index contributed by atoms with van der Waals surface area (Å²) in [5.74, 6) is 0.316. The second-order valence-electron chi connectivity index (χ2n) is 6.51. The Morgan fingerprint density at radius 2 is 1.65 bits per heavy atom. The molecular formula is C21H26N2O3. The second kappa shape index (κ2) is 9.04. The molecule has 0 aliphatic carbocycles. The van der Waals surface area contributed by atoms with Crippen LogP contribution in [0.2, 0.25) is 0 Å². The smallest absolute Gasteiger partial charge is 0.255 e. The van der Waals surface area contributed by atoms with Gasteiger partial charge in [0, 0.05) is 22.9 Å². The van der Waals surface area contributed by atoms with E-state index in [1.165, 1.54) is 0 Å². The summed E-state index contributed by atoms with van der Waals surface area (Å²) in [4.78, 5) is 24.5. The summed E-state index contributed by atoms with van der Waals surface area (Å²) >= 11 is 0. The first-order chi connectivity index (χ1) is 12.4. The number of anilines is 1. The van der Waals surface area contributed by atoms with Crippen molar-refractivity contribution in [2.75, 3.05) is 5.32 Å². The molecule has 0 heterocycles. The number of hydrogen-bond acceptors (Lipinski definition) is 3. The lowest BCUT2D eigenvalue weighted by Crippen LogP contribution is -2.31. The van der Waals surface area contributed by atoms with E-state index in [0.717, 1.165) is 6.42 Å². The predicted molar refractivity (Wildman–Crippen MR) is 104 cm³/mol. The highest BCUT2D eigenvalue weighted by Crippen LogP contribution is 2.17. The number of amides is 2. The summed E-state index contributed by atoms with van der Waals surface area (Å²) in [7, 11) is 0. The Hall–Kier alpha value is -2.82. The van der Waals surface area contributed by atoms with Crippen LogP contribution >= 0.6 is 0 Å². The molecule has 5 heteroatoms. The van der Waals surface area contributed by atoms with Crippen LogP contribution in [0.4, 0.5) is 5.69 Å². The number of nitrogens with one attached hydrogen (secondary N) is 2. The number of hydrogen-bond donors (Lipinski definition) is 2. The van der Waals surface area contributed by atoms with E-state index in [4.69, 9.17) is 4.74 Å². The maximum absolute atomic E-state index is 12.4. The molecule has 138 valence electrons. The molecule has 0 spiro atoms. The van der Waals surface area contributed by atoms with E-state index in [-0.39, 0.29) is 24.0 Å². The molecular weight excluding hydrogens is 328 g/mol. The third kappa shape index (κ3) is 5.62. The van der Waals surface area contributed by atoms with Crippen molar-refractivity contribution in [2.24, 2.45) is 0 Å². The van der Waals surface area contributed by atoms with Crippen LogP contribution in [0.25, 0.3) is 0 Å². The zero-order valence-electron chi connectivity index (χ0n) is 15.7. The Kier molecular flexibility index (Phi) is 6.78. The van der Waals surface area contributed by atoms with Gasteiger partial charge in [-0.05, 0) is 69.7 Å². The quantitative estimate of drug-likeness (QED) is 0.781. The highest BCUT2D eigenvalue weighted by molar-refractivity contribution is 6.04. The minimum Gasteiger partial charge on any atom is -0.491 e. The van der Waals surface area contributed by atoms with Crippen LogP contribution in [0.1, 0.15) is 54.8 Å². The van der Waals surface area contributed by atoms with E-state index in [0.29, 0.717) is 22.6 Å². The van der Waals surface area contributed by atoms with Crippen LogP contribution in [-0.4, -0.2) is 24.0 Å². The molecule has 2 rings (SSSR count). The molecule has 0 radical (unpaired) electrons. The van der Waals surface area contributed by atoms with Gasteiger partial charge in [0.05, 0.1) is 6.10 Å². The van der Waals surface area contributed by atoms with Gasteiger partial charge in [0.2, 0.25) is 0 Å². The van der Waals surface area contributed by atoms with Crippen LogP contribution in [0.5, 0.6) is 5.75 Å². The molecule has 0 aliphatic heterocycles. The van der Waals surface area contributed by atoms with E-state index in [1.54, 1.807) is 42.5 Å². The van der Waals surface area contributed by atoms with E-state index in [1.807, 2.05) is 33.8 Å². The van der Waals surface area contributed by atoms with Crippen LogP contribution in [-0.2, 0) is 0 Å². The molecule has 5 nitrogen and oxygen atoms in total. The van der Waals surface area contributed by atoms with E-state index in [9.17, 15) is 9.59 Å². The topological polar surface area (TPSA) is 67.4 Å². The van der Waals surface area contributed by atoms with Gasteiger partial charge in [-0.2, -0.15) is 0 Å². The zero-order valence-corrected chi connectivity index (χ0v) is 15.7. The van der Waals surface area contributed by atoms with Crippen LogP contribution in [0, 0.1) is 0 Å². The standard InChI is InChI=1S/C21H26N2O3/c1-5-15(4)22-20(24)16-9-11-18(12-10-16)23-21(25)17-7-6-8-19(13-17)26-14(2)3/h6-15H,5H2,1-4H3,(H,22,24)(H,23,25). The fraction of sp³-hybridized carbons (Fsp3) is 0.333. The van der Waals surface area contributed by atoms with Crippen molar-refractivity contribution in [1.29, 1.82) is 0 Å². The fourth-order valence-electron chi connectivity index (χ4n) is 2.30. The Morgan fingerprint density at radius 1 is 0.962 bits per heavy atom.